The van der Waals surface area contributed by atoms with Gasteiger partial charge < -0.3 is 14.4 Å². The first-order valence-corrected chi connectivity index (χ1v) is 10.1. The van der Waals surface area contributed by atoms with Crippen LogP contribution in [-0.2, 0) is 22.5 Å². The van der Waals surface area contributed by atoms with Gasteiger partial charge in [-0.2, -0.15) is 0 Å². The number of carbonyl (C=O) groups excluding carboxylic acids is 2. The number of ketones is 1. The fourth-order valence-corrected chi connectivity index (χ4v) is 3.97. The topological polar surface area (TPSA) is 68.5 Å². The Morgan fingerprint density at radius 3 is 2.52 bits per heavy atom. The predicted octanol–water partition coefficient (Wildman–Crippen LogP) is 4.67. The average Bonchev–Trinajstić information content (AvgIpc) is 3.03. The second-order valence-corrected chi connectivity index (χ2v) is 7.42. The molecule has 4 rings (SSSR count). The molecule has 1 aliphatic rings. The van der Waals surface area contributed by atoms with Crippen LogP contribution in [0.3, 0.4) is 0 Å². The summed E-state index contributed by atoms with van der Waals surface area (Å²) in [5.41, 5.74) is 4.38. The van der Waals surface area contributed by atoms with Crippen molar-refractivity contribution in [3.05, 3.63) is 94.2 Å². The average molecular weight is 413 g/mol. The van der Waals surface area contributed by atoms with Gasteiger partial charge in [-0.05, 0) is 42.2 Å². The van der Waals surface area contributed by atoms with Crippen LogP contribution < -0.4 is 0 Å². The molecule has 0 spiro atoms. The third kappa shape index (κ3) is 3.82. The third-order valence-corrected chi connectivity index (χ3v) is 5.61. The van der Waals surface area contributed by atoms with Crippen LogP contribution in [-0.4, -0.2) is 28.5 Å². The monoisotopic (exact) mass is 413 g/mol. The molecule has 0 amide bonds. The normalized spacial score (nSPS) is 14.0. The van der Waals surface area contributed by atoms with Gasteiger partial charge in [-0.25, -0.2) is 4.79 Å². The first-order chi connectivity index (χ1) is 15.0. The van der Waals surface area contributed by atoms with Crippen LogP contribution in [0.25, 0.3) is 17.7 Å². The highest BCUT2D eigenvalue weighted by atomic mass is 16.5. The minimum Gasteiger partial charge on any atom is -0.494 e. The Balaban J connectivity index is 1.82. The quantitative estimate of drug-likeness (QED) is 0.488. The first kappa shape index (κ1) is 20.4. The molecule has 0 saturated heterocycles. The van der Waals surface area contributed by atoms with Crippen molar-refractivity contribution in [2.75, 3.05) is 7.11 Å². The number of methoxy groups -OCH3 is 1. The molecule has 3 aromatic rings. The number of aromatic nitrogens is 1. The van der Waals surface area contributed by atoms with E-state index in [9.17, 15) is 14.7 Å². The fourth-order valence-electron chi connectivity index (χ4n) is 3.97. The lowest BCUT2D eigenvalue weighted by Crippen LogP contribution is -2.08. The molecule has 0 aliphatic heterocycles. The van der Waals surface area contributed by atoms with E-state index in [1.807, 2.05) is 54.6 Å². The van der Waals surface area contributed by atoms with E-state index in [1.54, 1.807) is 23.6 Å². The Morgan fingerprint density at radius 1 is 1.06 bits per heavy atom. The van der Waals surface area contributed by atoms with Crippen molar-refractivity contribution >= 4 is 29.5 Å². The van der Waals surface area contributed by atoms with E-state index in [0.717, 1.165) is 16.7 Å². The number of ether oxygens (including phenoxy) is 1. The summed E-state index contributed by atoms with van der Waals surface area (Å²) in [5.74, 6) is -0.782. The van der Waals surface area contributed by atoms with Gasteiger partial charge in [-0.3, -0.25) is 4.79 Å². The summed E-state index contributed by atoms with van der Waals surface area (Å²) >= 11 is 0. The first-order valence-electron chi connectivity index (χ1n) is 10.1. The third-order valence-electron chi connectivity index (χ3n) is 5.61. The molecule has 5 nitrogen and oxygen atoms in total. The Bertz CT molecular complexity index is 1220. The van der Waals surface area contributed by atoms with Crippen molar-refractivity contribution in [3.63, 3.8) is 0 Å². The molecule has 156 valence electrons. The Labute approximate surface area is 180 Å². The lowest BCUT2D eigenvalue weighted by atomic mass is 9.90. The Morgan fingerprint density at radius 2 is 1.77 bits per heavy atom. The summed E-state index contributed by atoms with van der Waals surface area (Å²) in [5, 5.41) is 11.1. The highest BCUT2D eigenvalue weighted by Gasteiger charge is 2.26. The summed E-state index contributed by atoms with van der Waals surface area (Å²) in [6, 6.07) is 17.5. The van der Waals surface area contributed by atoms with Crippen molar-refractivity contribution in [1.82, 2.24) is 4.57 Å². The molecule has 0 saturated carbocycles. The summed E-state index contributed by atoms with van der Waals surface area (Å²) in [7, 11) is 1.31. The van der Waals surface area contributed by atoms with Crippen LogP contribution in [0.4, 0.5) is 0 Å². The molecule has 31 heavy (non-hydrogen) atoms. The van der Waals surface area contributed by atoms with Crippen LogP contribution >= 0.6 is 0 Å². The zero-order valence-electron chi connectivity index (χ0n) is 17.5. The van der Waals surface area contributed by atoms with E-state index in [0.29, 0.717) is 29.8 Å². The van der Waals surface area contributed by atoms with Gasteiger partial charge in [0.1, 0.15) is 0 Å². The molecule has 0 bridgehead atoms. The molecule has 1 aliphatic carbocycles. The number of benzene rings is 2. The number of hydrogen-bond acceptors (Lipinski definition) is 4. The van der Waals surface area contributed by atoms with Gasteiger partial charge in [-0.1, -0.05) is 60.7 Å². The van der Waals surface area contributed by atoms with E-state index < -0.39 is 5.97 Å². The second-order valence-electron chi connectivity index (χ2n) is 7.42. The van der Waals surface area contributed by atoms with Crippen molar-refractivity contribution in [2.24, 2.45) is 0 Å². The molecular weight excluding hydrogens is 390 g/mol. The smallest absolute Gasteiger partial charge is 0.340 e. The molecule has 0 radical (unpaired) electrons. The Kier molecular flexibility index (Phi) is 5.58. The molecular formula is C26H23NO4. The second kappa shape index (κ2) is 8.48. The number of nitrogens with zero attached hydrogens (tertiary/aromatic N) is 1. The van der Waals surface area contributed by atoms with E-state index in [1.165, 1.54) is 13.2 Å². The molecule has 5 heteroatoms. The molecule has 0 atom stereocenters. The van der Waals surface area contributed by atoms with Crippen molar-refractivity contribution in [3.8, 4) is 5.88 Å². The lowest BCUT2D eigenvalue weighted by molar-refractivity contribution is -0.109. The van der Waals surface area contributed by atoms with Gasteiger partial charge in [0.15, 0.2) is 11.7 Å². The van der Waals surface area contributed by atoms with Gasteiger partial charge in [-0.15, -0.1) is 0 Å². The zero-order chi connectivity index (χ0) is 22.0. The summed E-state index contributed by atoms with van der Waals surface area (Å²) in [6.45, 7) is 2.26. The minimum absolute atomic E-state index is 0.0545. The maximum Gasteiger partial charge on any atom is 0.340 e. The number of esters is 1. The predicted molar refractivity (Wildman–Crippen MR) is 121 cm³/mol. The van der Waals surface area contributed by atoms with Gasteiger partial charge in [0.25, 0.3) is 0 Å². The van der Waals surface area contributed by atoms with Crippen LogP contribution in [0.2, 0.25) is 0 Å². The van der Waals surface area contributed by atoms with Gasteiger partial charge in [0.2, 0.25) is 0 Å². The van der Waals surface area contributed by atoms with Crippen LogP contribution in [0.1, 0.15) is 38.3 Å². The minimum atomic E-state index is -0.551. The number of hydrogen-bond donors (Lipinski definition) is 1. The number of aryl methyl sites for hydroxylation is 1. The van der Waals surface area contributed by atoms with Crippen molar-refractivity contribution in [1.29, 1.82) is 0 Å². The maximum atomic E-state index is 12.7. The number of allylic oxidation sites excluding steroid dienone is 2. The van der Waals surface area contributed by atoms with E-state index in [2.05, 4.69) is 0 Å². The lowest BCUT2D eigenvalue weighted by Gasteiger charge is -2.13. The molecule has 2 aromatic carbocycles. The highest BCUT2D eigenvalue weighted by molar-refractivity contribution is 6.33. The van der Waals surface area contributed by atoms with Gasteiger partial charge >= 0.3 is 5.97 Å². The molecule has 1 aromatic heterocycles. The van der Waals surface area contributed by atoms with Crippen LogP contribution in [0.15, 0.2) is 60.7 Å². The summed E-state index contributed by atoms with van der Waals surface area (Å²) in [6.07, 6.45) is 5.55. The molecule has 0 fully saturated rings. The number of carbonyl (C=O) groups is 2. The van der Waals surface area contributed by atoms with Gasteiger partial charge in [0, 0.05) is 17.8 Å². The van der Waals surface area contributed by atoms with Gasteiger partial charge in [0.05, 0.1) is 18.2 Å². The number of fused-ring (bicyclic) bond motifs is 1. The Hall–Kier alpha value is -3.86. The molecule has 1 N–H and O–H groups in total. The van der Waals surface area contributed by atoms with E-state index in [-0.39, 0.29) is 17.2 Å². The van der Waals surface area contributed by atoms with E-state index >= 15 is 0 Å². The molecule has 0 unspecified atom stereocenters. The molecule has 1 heterocycles. The maximum absolute atomic E-state index is 12.7. The SMILES string of the molecule is COC(=O)c1c(/C=C2\C(=O)C=Cc3ccccc32)c(O)n(CCc2ccccc2)c1C. The highest BCUT2D eigenvalue weighted by Crippen LogP contribution is 2.35. The standard InChI is InChI=1S/C26H23NO4/c1-17-24(26(30)31-2)22(25(29)27(17)15-14-18-8-4-3-5-9-18)16-21-20-11-7-6-10-19(20)12-13-23(21)28/h3-13,16,29H,14-15H2,1-2H3/b21-16-. The largest absolute Gasteiger partial charge is 0.494 e. The number of rotatable bonds is 5. The van der Waals surface area contributed by atoms with Crippen LogP contribution in [0, 0.1) is 6.92 Å². The fraction of sp³-hybridized carbons (Fsp3) is 0.154. The van der Waals surface area contributed by atoms with Crippen LogP contribution in [0.5, 0.6) is 5.88 Å². The van der Waals surface area contributed by atoms with Crippen molar-refractivity contribution in [2.45, 2.75) is 19.9 Å². The summed E-state index contributed by atoms with van der Waals surface area (Å²) < 4.78 is 6.68. The number of aromatic hydroxyl groups is 1. The summed E-state index contributed by atoms with van der Waals surface area (Å²) in [4.78, 5) is 25.3. The van der Waals surface area contributed by atoms with Crippen molar-refractivity contribution < 1.29 is 19.4 Å². The van der Waals surface area contributed by atoms with E-state index in [4.69, 9.17) is 4.74 Å². The zero-order valence-corrected chi connectivity index (χ0v) is 17.5.